The number of hydrogen-bond acceptors (Lipinski definition) is 4. The maximum atomic E-state index is 13.4. The van der Waals surface area contributed by atoms with E-state index in [4.69, 9.17) is 23.2 Å². The molecule has 0 aliphatic heterocycles. The molecule has 3 aromatic carbocycles. The molecule has 4 rings (SSSR count). The molecule has 0 radical (unpaired) electrons. The van der Waals surface area contributed by atoms with E-state index in [-0.39, 0.29) is 27.6 Å². The van der Waals surface area contributed by atoms with E-state index in [2.05, 4.69) is 10.5 Å². The molecule has 0 saturated heterocycles. The topological polar surface area (TPSA) is 83.7 Å². The highest BCUT2D eigenvalue weighted by atomic mass is 35.5. The van der Waals surface area contributed by atoms with Crippen molar-refractivity contribution in [1.82, 2.24) is 9.99 Å². The molecule has 6 nitrogen and oxygen atoms in total. The van der Waals surface area contributed by atoms with Crippen molar-refractivity contribution in [2.24, 2.45) is 5.10 Å². The molecule has 1 heterocycles. The minimum Gasteiger partial charge on any atom is -0.506 e. The monoisotopic (exact) mass is 465 g/mol. The smallest absolute Gasteiger partial charge is 0.272 e. The van der Waals surface area contributed by atoms with E-state index in [1.165, 1.54) is 29.7 Å². The van der Waals surface area contributed by atoms with Crippen LogP contribution >= 0.6 is 23.2 Å². The Kier molecular flexibility index (Phi) is 5.99. The number of benzene rings is 3. The van der Waals surface area contributed by atoms with E-state index >= 15 is 0 Å². The summed E-state index contributed by atoms with van der Waals surface area (Å²) in [6, 6.07) is 20.6. The van der Waals surface area contributed by atoms with Crippen LogP contribution in [0.25, 0.3) is 16.6 Å². The van der Waals surface area contributed by atoms with Gasteiger partial charge in [-0.2, -0.15) is 5.10 Å². The van der Waals surface area contributed by atoms with Crippen molar-refractivity contribution in [3.8, 4) is 11.4 Å². The van der Waals surface area contributed by atoms with Gasteiger partial charge >= 0.3 is 0 Å². The van der Waals surface area contributed by atoms with Crippen molar-refractivity contribution < 1.29 is 9.90 Å². The Balaban J connectivity index is 1.82. The SMILES string of the molecule is C/C(=N/NC(=O)c1ccc(Cl)cc1Cl)c1c(O)c2ccccc2n(-c2ccccc2)c1=O. The van der Waals surface area contributed by atoms with Gasteiger partial charge in [0.15, 0.2) is 0 Å². The Bertz CT molecular complexity index is 1430. The van der Waals surface area contributed by atoms with E-state index in [1.54, 1.807) is 36.4 Å². The Morgan fingerprint density at radius 2 is 1.69 bits per heavy atom. The van der Waals surface area contributed by atoms with E-state index < -0.39 is 11.5 Å². The van der Waals surface area contributed by atoms with E-state index in [9.17, 15) is 14.7 Å². The first-order valence-electron chi connectivity index (χ1n) is 9.60. The largest absolute Gasteiger partial charge is 0.506 e. The summed E-state index contributed by atoms with van der Waals surface area (Å²) in [6.07, 6.45) is 0. The Morgan fingerprint density at radius 1 is 1.00 bits per heavy atom. The summed E-state index contributed by atoms with van der Waals surface area (Å²) in [5.74, 6) is -0.785. The van der Waals surface area contributed by atoms with Crippen LogP contribution < -0.4 is 11.0 Å². The average Bonchev–Trinajstić information content (AvgIpc) is 2.78. The average molecular weight is 466 g/mol. The van der Waals surface area contributed by atoms with Gasteiger partial charge < -0.3 is 5.11 Å². The van der Waals surface area contributed by atoms with E-state index in [0.717, 1.165) is 0 Å². The zero-order chi connectivity index (χ0) is 22.8. The first-order valence-corrected chi connectivity index (χ1v) is 10.4. The molecule has 0 atom stereocenters. The van der Waals surface area contributed by atoms with Gasteiger partial charge in [0.25, 0.3) is 11.5 Å². The normalized spacial score (nSPS) is 11.5. The summed E-state index contributed by atoms with van der Waals surface area (Å²) < 4.78 is 1.50. The first kappa shape index (κ1) is 21.6. The van der Waals surface area contributed by atoms with Crippen molar-refractivity contribution in [3.05, 3.63) is 104 Å². The van der Waals surface area contributed by atoms with Crippen LogP contribution in [0.3, 0.4) is 0 Å². The van der Waals surface area contributed by atoms with Crippen LogP contribution in [0.1, 0.15) is 22.8 Å². The number of hydrogen-bond donors (Lipinski definition) is 2. The second-order valence-electron chi connectivity index (χ2n) is 6.98. The Hall–Kier alpha value is -3.61. The second-order valence-corrected chi connectivity index (χ2v) is 7.82. The predicted molar refractivity (Wildman–Crippen MR) is 127 cm³/mol. The summed E-state index contributed by atoms with van der Waals surface area (Å²) in [4.78, 5) is 25.9. The number of aromatic hydroxyl groups is 1. The molecular weight excluding hydrogens is 449 g/mol. The number of amides is 1. The lowest BCUT2D eigenvalue weighted by atomic mass is 10.1. The molecule has 2 N–H and O–H groups in total. The third-order valence-corrected chi connectivity index (χ3v) is 5.48. The third-order valence-electron chi connectivity index (χ3n) is 4.93. The Labute approximate surface area is 193 Å². The molecule has 0 spiro atoms. The number of pyridine rings is 1. The summed E-state index contributed by atoms with van der Waals surface area (Å²) >= 11 is 11.9. The number of halogens is 2. The standard InChI is InChI=1S/C24H17Cl2N3O3/c1-14(27-28-23(31)17-12-11-15(25)13-19(17)26)21-22(30)18-9-5-6-10-20(18)29(24(21)32)16-7-3-2-4-8-16/h2-13,30H,1H3,(H,28,31)/b27-14-. The maximum absolute atomic E-state index is 13.4. The van der Waals surface area contributed by atoms with Gasteiger partial charge in [-0.15, -0.1) is 0 Å². The lowest BCUT2D eigenvalue weighted by Gasteiger charge is -2.15. The van der Waals surface area contributed by atoms with Crippen LogP contribution in [-0.4, -0.2) is 21.3 Å². The fourth-order valence-corrected chi connectivity index (χ4v) is 3.90. The molecular formula is C24H17Cl2N3O3. The van der Waals surface area contributed by atoms with E-state index in [0.29, 0.717) is 21.6 Å². The Morgan fingerprint density at radius 3 is 2.41 bits per heavy atom. The van der Waals surface area contributed by atoms with Crippen molar-refractivity contribution in [1.29, 1.82) is 0 Å². The highest BCUT2D eigenvalue weighted by Gasteiger charge is 2.20. The fourth-order valence-electron chi connectivity index (χ4n) is 3.41. The molecule has 0 bridgehead atoms. The van der Waals surface area contributed by atoms with Crippen molar-refractivity contribution in [2.45, 2.75) is 6.92 Å². The van der Waals surface area contributed by atoms with Crippen LogP contribution in [0.2, 0.25) is 10.0 Å². The molecule has 4 aromatic rings. The number of carbonyl (C=O) groups excluding carboxylic acids is 1. The fraction of sp³-hybridized carbons (Fsp3) is 0.0417. The molecule has 0 saturated carbocycles. The van der Waals surface area contributed by atoms with Crippen LogP contribution in [0.15, 0.2) is 82.7 Å². The quantitative estimate of drug-likeness (QED) is 0.322. The van der Waals surface area contributed by atoms with Crippen LogP contribution in [0, 0.1) is 0 Å². The molecule has 1 amide bonds. The number of carbonyl (C=O) groups is 1. The zero-order valence-corrected chi connectivity index (χ0v) is 18.4. The van der Waals surface area contributed by atoms with Gasteiger partial charge in [-0.3, -0.25) is 14.2 Å². The van der Waals surface area contributed by atoms with Gasteiger partial charge in [-0.25, -0.2) is 5.43 Å². The minimum absolute atomic E-state index is 0.0185. The lowest BCUT2D eigenvalue weighted by molar-refractivity contribution is 0.0955. The summed E-state index contributed by atoms with van der Waals surface area (Å²) in [5.41, 5.74) is 3.40. The molecule has 0 aliphatic carbocycles. The summed E-state index contributed by atoms with van der Waals surface area (Å²) in [5, 5.41) is 16.0. The number of para-hydroxylation sites is 2. The van der Waals surface area contributed by atoms with Crippen LogP contribution in [-0.2, 0) is 0 Å². The molecule has 1 aromatic heterocycles. The molecule has 160 valence electrons. The van der Waals surface area contributed by atoms with Crippen molar-refractivity contribution in [3.63, 3.8) is 0 Å². The first-order chi connectivity index (χ1) is 15.4. The number of nitrogens with zero attached hydrogens (tertiary/aromatic N) is 2. The summed E-state index contributed by atoms with van der Waals surface area (Å²) in [6.45, 7) is 1.53. The van der Waals surface area contributed by atoms with Gasteiger partial charge in [0.1, 0.15) is 11.3 Å². The highest BCUT2D eigenvalue weighted by molar-refractivity contribution is 6.36. The van der Waals surface area contributed by atoms with Crippen LogP contribution in [0.5, 0.6) is 5.75 Å². The van der Waals surface area contributed by atoms with Gasteiger partial charge in [-0.05, 0) is 49.4 Å². The van der Waals surface area contributed by atoms with Gasteiger partial charge in [-0.1, -0.05) is 53.5 Å². The number of aromatic nitrogens is 1. The predicted octanol–water partition coefficient (Wildman–Crippen LogP) is 5.16. The minimum atomic E-state index is -0.574. The van der Waals surface area contributed by atoms with Gasteiger partial charge in [0.05, 0.1) is 21.8 Å². The third kappa shape index (κ3) is 3.98. The molecule has 8 heteroatoms. The number of hydrazone groups is 1. The van der Waals surface area contributed by atoms with Crippen LogP contribution in [0.4, 0.5) is 0 Å². The van der Waals surface area contributed by atoms with Crippen molar-refractivity contribution in [2.75, 3.05) is 0 Å². The van der Waals surface area contributed by atoms with Gasteiger partial charge in [0.2, 0.25) is 0 Å². The number of nitrogens with one attached hydrogen (secondary N) is 1. The lowest BCUT2D eigenvalue weighted by Crippen LogP contribution is -2.27. The number of fused-ring (bicyclic) bond motifs is 1. The highest BCUT2D eigenvalue weighted by Crippen LogP contribution is 2.28. The molecule has 0 unspecified atom stereocenters. The summed E-state index contributed by atoms with van der Waals surface area (Å²) in [7, 11) is 0. The zero-order valence-electron chi connectivity index (χ0n) is 16.8. The number of rotatable bonds is 4. The van der Waals surface area contributed by atoms with Crippen molar-refractivity contribution >= 4 is 45.7 Å². The molecule has 32 heavy (non-hydrogen) atoms. The van der Waals surface area contributed by atoms with E-state index in [1.807, 2.05) is 18.2 Å². The molecule has 0 fully saturated rings. The maximum Gasteiger partial charge on any atom is 0.272 e. The van der Waals surface area contributed by atoms with Gasteiger partial charge in [0, 0.05) is 16.1 Å². The second kappa shape index (κ2) is 8.86. The molecule has 0 aliphatic rings.